The van der Waals surface area contributed by atoms with Crippen molar-refractivity contribution in [2.45, 2.75) is 68.3 Å². The number of anilines is 1. The van der Waals surface area contributed by atoms with E-state index in [2.05, 4.69) is 31.9 Å². The number of carbonyl (C=O) groups excluding carboxylic acids is 1. The van der Waals surface area contributed by atoms with Gasteiger partial charge in [0.25, 0.3) is 0 Å². The van der Waals surface area contributed by atoms with Crippen LogP contribution in [0.25, 0.3) is 0 Å². The van der Waals surface area contributed by atoms with Gasteiger partial charge in [0.2, 0.25) is 11.9 Å². The Labute approximate surface area is 147 Å². The molecule has 3 heterocycles. The van der Waals surface area contributed by atoms with E-state index in [1.807, 2.05) is 0 Å². The predicted molar refractivity (Wildman–Crippen MR) is 95.4 cm³/mol. The standard InChI is InChI=1S/C17H27N5OS/c1-12-7-10-21(11-8-12)16-19-20-17(22(16)13-5-6-13)24-14-4-2-3-9-18-15(14)23/h12-14H,2-11H2,1H3,(H,18,23). The maximum absolute atomic E-state index is 12.3. The van der Waals surface area contributed by atoms with Crippen molar-refractivity contribution in [1.29, 1.82) is 0 Å². The molecule has 1 unspecified atom stereocenters. The van der Waals surface area contributed by atoms with Crippen molar-refractivity contribution in [2.75, 3.05) is 24.5 Å². The lowest BCUT2D eigenvalue weighted by molar-refractivity contribution is -0.120. The van der Waals surface area contributed by atoms with Crippen LogP contribution in [-0.4, -0.2) is 45.6 Å². The first-order valence-corrected chi connectivity index (χ1v) is 10.2. The highest BCUT2D eigenvalue weighted by Crippen LogP contribution is 2.42. The molecule has 2 saturated heterocycles. The Hall–Kier alpha value is -1.24. The van der Waals surface area contributed by atoms with Gasteiger partial charge in [0.1, 0.15) is 0 Å². The molecule has 0 aromatic carbocycles. The number of hydrogen-bond acceptors (Lipinski definition) is 5. The Morgan fingerprint density at radius 1 is 1.08 bits per heavy atom. The van der Waals surface area contributed by atoms with Crippen LogP contribution in [0.3, 0.4) is 0 Å². The zero-order chi connectivity index (χ0) is 16.5. The van der Waals surface area contributed by atoms with Crippen LogP contribution >= 0.6 is 11.8 Å². The lowest BCUT2D eigenvalue weighted by Crippen LogP contribution is -2.35. The van der Waals surface area contributed by atoms with Crippen molar-refractivity contribution in [2.24, 2.45) is 5.92 Å². The maximum atomic E-state index is 12.3. The SMILES string of the molecule is CC1CCN(c2nnc(SC3CCCCNC3=O)n2C2CC2)CC1. The Bertz CT molecular complexity index is 592. The van der Waals surface area contributed by atoms with Crippen LogP contribution in [0.1, 0.15) is 57.9 Å². The average Bonchev–Trinajstić information content (AvgIpc) is 3.36. The molecule has 1 aromatic rings. The number of thioether (sulfide) groups is 1. The molecule has 1 saturated carbocycles. The molecule has 1 N–H and O–H groups in total. The molecule has 4 rings (SSSR count). The van der Waals surface area contributed by atoms with Gasteiger partial charge in [-0.05, 0) is 44.4 Å². The van der Waals surface area contributed by atoms with E-state index in [-0.39, 0.29) is 11.2 Å². The molecule has 7 heteroatoms. The normalized spacial score (nSPS) is 26.3. The van der Waals surface area contributed by atoms with E-state index < -0.39 is 0 Å². The number of rotatable bonds is 4. The number of nitrogens with zero attached hydrogens (tertiary/aromatic N) is 4. The Morgan fingerprint density at radius 2 is 1.88 bits per heavy atom. The van der Waals surface area contributed by atoms with Gasteiger partial charge in [-0.25, -0.2) is 0 Å². The van der Waals surface area contributed by atoms with Gasteiger partial charge in [0, 0.05) is 25.7 Å². The summed E-state index contributed by atoms with van der Waals surface area (Å²) in [6.07, 6.45) is 7.99. The fraction of sp³-hybridized carbons (Fsp3) is 0.824. The van der Waals surface area contributed by atoms with Gasteiger partial charge in [-0.15, -0.1) is 10.2 Å². The van der Waals surface area contributed by atoms with E-state index in [0.717, 1.165) is 55.9 Å². The minimum absolute atomic E-state index is 0.0246. The van der Waals surface area contributed by atoms with Crippen LogP contribution in [0, 0.1) is 5.92 Å². The van der Waals surface area contributed by atoms with Gasteiger partial charge < -0.3 is 10.2 Å². The van der Waals surface area contributed by atoms with Crippen LogP contribution in [0.5, 0.6) is 0 Å². The number of amides is 1. The largest absolute Gasteiger partial charge is 0.355 e. The maximum Gasteiger partial charge on any atom is 0.233 e. The van der Waals surface area contributed by atoms with Gasteiger partial charge >= 0.3 is 0 Å². The van der Waals surface area contributed by atoms with Crippen LogP contribution in [0.15, 0.2) is 5.16 Å². The monoisotopic (exact) mass is 349 g/mol. The van der Waals surface area contributed by atoms with Crippen molar-refractivity contribution >= 4 is 23.6 Å². The summed E-state index contributed by atoms with van der Waals surface area (Å²) in [4.78, 5) is 14.7. The zero-order valence-electron chi connectivity index (χ0n) is 14.4. The van der Waals surface area contributed by atoms with Crippen LogP contribution in [0.2, 0.25) is 0 Å². The molecular formula is C17H27N5OS. The zero-order valence-corrected chi connectivity index (χ0v) is 15.2. The van der Waals surface area contributed by atoms with Crippen LogP contribution in [-0.2, 0) is 4.79 Å². The van der Waals surface area contributed by atoms with Crippen molar-refractivity contribution in [3.05, 3.63) is 0 Å². The smallest absolute Gasteiger partial charge is 0.233 e. The minimum atomic E-state index is -0.0246. The third-order valence-electron chi connectivity index (χ3n) is 5.36. The van der Waals surface area contributed by atoms with Gasteiger partial charge in [-0.2, -0.15) is 0 Å². The molecule has 6 nitrogen and oxygen atoms in total. The molecule has 2 aliphatic heterocycles. The van der Waals surface area contributed by atoms with Crippen molar-refractivity contribution in [3.63, 3.8) is 0 Å². The summed E-state index contributed by atoms with van der Waals surface area (Å²) in [5.74, 6) is 2.00. The van der Waals surface area contributed by atoms with E-state index in [0.29, 0.717) is 6.04 Å². The second-order valence-corrected chi connectivity index (χ2v) is 8.62. The number of piperidine rings is 1. The lowest BCUT2D eigenvalue weighted by atomic mass is 10.00. The van der Waals surface area contributed by atoms with Crippen molar-refractivity contribution < 1.29 is 4.79 Å². The first kappa shape index (κ1) is 16.2. The quantitative estimate of drug-likeness (QED) is 0.905. The van der Waals surface area contributed by atoms with Gasteiger partial charge in [0.05, 0.1) is 5.25 Å². The number of carbonyl (C=O) groups is 1. The summed E-state index contributed by atoms with van der Waals surface area (Å²) >= 11 is 1.62. The average molecular weight is 350 g/mol. The van der Waals surface area contributed by atoms with Gasteiger partial charge in [-0.3, -0.25) is 9.36 Å². The summed E-state index contributed by atoms with van der Waals surface area (Å²) in [5.41, 5.74) is 0. The van der Waals surface area contributed by atoms with E-state index in [1.165, 1.54) is 25.7 Å². The third kappa shape index (κ3) is 3.41. The highest BCUT2D eigenvalue weighted by molar-refractivity contribution is 8.00. The predicted octanol–water partition coefficient (Wildman–Crippen LogP) is 2.61. The van der Waals surface area contributed by atoms with Crippen LogP contribution in [0.4, 0.5) is 5.95 Å². The second kappa shape index (κ2) is 6.94. The molecule has 1 amide bonds. The highest BCUT2D eigenvalue weighted by Gasteiger charge is 2.34. The molecule has 132 valence electrons. The number of aromatic nitrogens is 3. The Balaban J connectivity index is 1.54. The van der Waals surface area contributed by atoms with Crippen molar-refractivity contribution in [3.8, 4) is 0 Å². The summed E-state index contributed by atoms with van der Waals surface area (Å²) in [5, 5.41) is 13.0. The molecule has 1 aliphatic carbocycles. The molecule has 0 radical (unpaired) electrons. The van der Waals surface area contributed by atoms with Gasteiger partial charge in [0.15, 0.2) is 5.16 Å². The molecule has 0 spiro atoms. The molecule has 24 heavy (non-hydrogen) atoms. The Morgan fingerprint density at radius 3 is 2.62 bits per heavy atom. The molecule has 0 bridgehead atoms. The molecule has 1 aromatic heterocycles. The second-order valence-electron chi connectivity index (χ2n) is 7.45. The van der Waals surface area contributed by atoms with E-state index in [9.17, 15) is 4.79 Å². The van der Waals surface area contributed by atoms with Gasteiger partial charge in [-0.1, -0.05) is 25.1 Å². The topological polar surface area (TPSA) is 63.1 Å². The summed E-state index contributed by atoms with van der Waals surface area (Å²) in [6.45, 7) is 5.28. The number of nitrogens with one attached hydrogen (secondary N) is 1. The van der Waals surface area contributed by atoms with E-state index >= 15 is 0 Å². The van der Waals surface area contributed by atoms with Crippen molar-refractivity contribution in [1.82, 2.24) is 20.1 Å². The minimum Gasteiger partial charge on any atom is -0.355 e. The molecule has 3 aliphatic rings. The third-order valence-corrected chi connectivity index (χ3v) is 6.58. The summed E-state index contributed by atoms with van der Waals surface area (Å²) in [7, 11) is 0. The Kier molecular flexibility index (Phi) is 4.70. The molecule has 1 atom stereocenters. The first-order valence-electron chi connectivity index (χ1n) is 9.36. The number of hydrogen-bond donors (Lipinski definition) is 1. The summed E-state index contributed by atoms with van der Waals surface area (Å²) in [6, 6.07) is 0.533. The van der Waals surface area contributed by atoms with E-state index in [4.69, 9.17) is 0 Å². The fourth-order valence-electron chi connectivity index (χ4n) is 3.58. The van der Waals surface area contributed by atoms with Crippen LogP contribution < -0.4 is 10.2 Å². The first-order chi connectivity index (χ1) is 11.7. The molecular weight excluding hydrogens is 322 g/mol. The van der Waals surface area contributed by atoms with E-state index in [1.54, 1.807) is 11.8 Å². The fourth-order valence-corrected chi connectivity index (χ4v) is 4.74. The summed E-state index contributed by atoms with van der Waals surface area (Å²) < 4.78 is 2.32. The molecule has 3 fully saturated rings. The lowest BCUT2D eigenvalue weighted by Gasteiger charge is -2.31. The highest BCUT2D eigenvalue weighted by atomic mass is 32.2.